The van der Waals surface area contributed by atoms with Crippen LogP contribution >= 0.6 is 11.3 Å². The highest BCUT2D eigenvalue weighted by molar-refractivity contribution is 7.23. The molecule has 0 aliphatic heterocycles. The van der Waals surface area contributed by atoms with Crippen LogP contribution in [0.4, 0.5) is 0 Å². The van der Waals surface area contributed by atoms with Crippen LogP contribution in [0, 0.1) is 0 Å². The van der Waals surface area contributed by atoms with E-state index in [2.05, 4.69) is 187 Å². The van der Waals surface area contributed by atoms with Gasteiger partial charge in [-0.3, -0.25) is 0 Å². The summed E-state index contributed by atoms with van der Waals surface area (Å²) in [5.41, 5.74) is 13.0. The van der Waals surface area contributed by atoms with Crippen LogP contribution in [0.5, 0.6) is 0 Å². The van der Waals surface area contributed by atoms with Crippen molar-refractivity contribution in [2.45, 2.75) is 0 Å². The van der Waals surface area contributed by atoms with Crippen LogP contribution < -0.4 is 0 Å². The Morgan fingerprint density at radius 1 is 0.350 bits per heavy atom. The highest BCUT2D eigenvalue weighted by atomic mass is 32.1. The molecule has 5 heteroatoms. The first-order valence-corrected chi connectivity index (χ1v) is 20.9. The summed E-state index contributed by atoms with van der Waals surface area (Å²) in [7, 11) is 0. The molecule has 0 saturated heterocycles. The number of nitrogens with zero attached hydrogens (tertiary/aromatic N) is 4. The lowest BCUT2D eigenvalue weighted by molar-refractivity contribution is 1.07. The van der Waals surface area contributed by atoms with Crippen LogP contribution in [-0.4, -0.2) is 19.5 Å². The monoisotopic (exact) mass is 784 g/mol. The number of hydrogen-bond donors (Lipinski definition) is 0. The van der Waals surface area contributed by atoms with Gasteiger partial charge in [-0.1, -0.05) is 164 Å². The van der Waals surface area contributed by atoms with E-state index in [1.807, 2.05) is 47.7 Å². The van der Waals surface area contributed by atoms with Crippen molar-refractivity contribution < 1.29 is 0 Å². The fourth-order valence-corrected chi connectivity index (χ4v) is 9.43. The van der Waals surface area contributed by atoms with E-state index in [0.29, 0.717) is 17.5 Å². The highest BCUT2D eigenvalue weighted by Crippen LogP contribution is 2.47. The summed E-state index contributed by atoms with van der Waals surface area (Å²) in [4.78, 5) is 16.7. The number of thiophene rings is 1. The Labute approximate surface area is 352 Å². The number of benzene rings is 8. The van der Waals surface area contributed by atoms with Crippen molar-refractivity contribution in [3.8, 4) is 83.8 Å². The van der Waals surface area contributed by atoms with Crippen molar-refractivity contribution in [2.24, 2.45) is 0 Å². The summed E-state index contributed by atoms with van der Waals surface area (Å²) in [5, 5.41) is 2.40. The van der Waals surface area contributed by atoms with Gasteiger partial charge in [-0.2, -0.15) is 0 Å². The lowest BCUT2D eigenvalue weighted by Crippen LogP contribution is -2.01. The summed E-state index contributed by atoms with van der Waals surface area (Å²) < 4.78 is 3.60. The largest absolute Gasteiger partial charge is 0.309 e. The average Bonchev–Trinajstić information content (AvgIpc) is 3.92. The maximum atomic E-state index is 5.24. The Balaban J connectivity index is 1.20. The van der Waals surface area contributed by atoms with Gasteiger partial charge >= 0.3 is 0 Å². The summed E-state index contributed by atoms with van der Waals surface area (Å²) in [6.45, 7) is 0. The molecule has 8 aromatic carbocycles. The maximum absolute atomic E-state index is 5.24. The molecule has 0 aliphatic rings. The lowest BCUT2D eigenvalue weighted by Gasteiger charge is -2.15. The van der Waals surface area contributed by atoms with Gasteiger partial charge in [0.05, 0.1) is 11.2 Å². The molecule has 3 heterocycles. The summed E-state index contributed by atoms with van der Waals surface area (Å²) in [5.74, 6) is 1.87. The third kappa shape index (κ3) is 6.57. The van der Waals surface area contributed by atoms with Gasteiger partial charge in [0.25, 0.3) is 0 Å². The van der Waals surface area contributed by atoms with Crippen molar-refractivity contribution in [3.05, 3.63) is 218 Å². The molecule has 0 amide bonds. The second-order valence-corrected chi connectivity index (χ2v) is 15.9. The predicted octanol–water partition coefficient (Wildman–Crippen LogP) is 14.7. The molecule has 0 spiro atoms. The third-order valence-corrected chi connectivity index (χ3v) is 12.2. The van der Waals surface area contributed by atoms with Crippen LogP contribution in [0.3, 0.4) is 0 Å². The Morgan fingerprint density at radius 2 is 0.850 bits per heavy atom. The van der Waals surface area contributed by atoms with Gasteiger partial charge in [-0.15, -0.1) is 11.3 Å². The first-order valence-electron chi connectivity index (χ1n) is 20.1. The number of rotatable bonds is 8. The molecule has 4 nitrogen and oxygen atoms in total. The number of fused-ring (bicyclic) bond motifs is 2. The Hall–Kier alpha value is -7.73. The summed E-state index contributed by atoms with van der Waals surface area (Å²) >= 11 is 1.83. The summed E-state index contributed by atoms with van der Waals surface area (Å²) in [6.07, 6.45) is 0. The van der Waals surface area contributed by atoms with Crippen LogP contribution in [0.15, 0.2) is 218 Å². The maximum Gasteiger partial charge on any atom is 0.164 e. The van der Waals surface area contributed by atoms with Crippen LogP contribution in [-0.2, 0) is 0 Å². The smallest absolute Gasteiger partial charge is 0.164 e. The zero-order valence-corrected chi connectivity index (χ0v) is 33.3. The van der Waals surface area contributed by atoms with E-state index >= 15 is 0 Å². The van der Waals surface area contributed by atoms with Gasteiger partial charge in [-0.05, 0) is 82.4 Å². The molecule has 11 rings (SSSR count). The predicted molar refractivity (Wildman–Crippen MR) is 250 cm³/mol. The second-order valence-electron chi connectivity index (χ2n) is 14.8. The number of para-hydroxylation sites is 2. The van der Waals surface area contributed by atoms with E-state index in [1.54, 1.807) is 0 Å². The van der Waals surface area contributed by atoms with Gasteiger partial charge in [0.15, 0.2) is 17.5 Å². The van der Waals surface area contributed by atoms with Gasteiger partial charge < -0.3 is 4.57 Å². The molecule has 0 saturated carbocycles. The van der Waals surface area contributed by atoms with Crippen molar-refractivity contribution in [2.75, 3.05) is 0 Å². The van der Waals surface area contributed by atoms with E-state index in [0.717, 1.165) is 44.7 Å². The molecule has 0 aliphatic carbocycles. The second kappa shape index (κ2) is 15.2. The summed E-state index contributed by atoms with van der Waals surface area (Å²) in [6, 6.07) is 77.1. The molecule has 0 bridgehead atoms. The van der Waals surface area contributed by atoms with E-state index < -0.39 is 0 Å². The molecule has 0 fully saturated rings. The highest BCUT2D eigenvalue weighted by Gasteiger charge is 2.22. The van der Waals surface area contributed by atoms with Crippen molar-refractivity contribution in [1.82, 2.24) is 19.5 Å². The fourth-order valence-electron chi connectivity index (χ4n) is 8.22. The zero-order chi connectivity index (χ0) is 39.8. The molecule has 0 N–H and O–H groups in total. The molecule has 60 heavy (non-hydrogen) atoms. The SMILES string of the molecule is c1ccc(-c2cccc(-c3c(-c4cc(-c5nc(-c6ccccc6)nc(-c6ccccc6)n5)cc(-c5cc6ccccc6n5-c5ccccc5)c4)sc4ccccc34)c2)cc1. The first kappa shape index (κ1) is 35.4. The van der Waals surface area contributed by atoms with E-state index in [1.165, 1.54) is 42.6 Å². The van der Waals surface area contributed by atoms with Crippen LogP contribution in [0.25, 0.3) is 105 Å². The zero-order valence-electron chi connectivity index (χ0n) is 32.5. The van der Waals surface area contributed by atoms with Crippen molar-refractivity contribution >= 4 is 32.3 Å². The molecular formula is C55H36N4S. The fraction of sp³-hybridized carbons (Fsp3) is 0. The molecule has 0 radical (unpaired) electrons. The Kier molecular flexibility index (Phi) is 8.99. The van der Waals surface area contributed by atoms with E-state index in [9.17, 15) is 0 Å². The minimum atomic E-state index is 0.613. The molecule has 0 atom stereocenters. The lowest BCUT2D eigenvalue weighted by atomic mass is 9.94. The van der Waals surface area contributed by atoms with E-state index in [-0.39, 0.29) is 0 Å². The van der Waals surface area contributed by atoms with E-state index in [4.69, 9.17) is 15.0 Å². The van der Waals surface area contributed by atoms with Gasteiger partial charge in [-0.25, -0.2) is 15.0 Å². The van der Waals surface area contributed by atoms with Crippen LogP contribution in [0.2, 0.25) is 0 Å². The molecule has 3 aromatic heterocycles. The minimum Gasteiger partial charge on any atom is -0.309 e. The quantitative estimate of drug-likeness (QED) is 0.154. The normalized spacial score (nSPS) is 11.3. The van der Waals surface area contributed by atoms with Gasteiger partial charge in [0, 0.05) is 48.3 Å². The Bertz CT molecular complexity index is 3240. The van der Waals surface area contributed by atoms with Crippen molar-refractivity contribution in [1.29, 1.82) is 0 Å². The van der Waals surface area contributed by atoms with Crippen molar-refractivity contribution in [3.63, 3.8) is 0 Å². The minimum absolute atomic E-state index is 0.613. The molecular weight excluding hydrogens is 749 g/mol. The molecule has 282 valence electrons. The molecule has 0 unspecified atom stereocenters. The van der Waals surface area contributed by atoms with Gasteiger partial charge in [0.1, 0.15) is 0 Å². The van der Waals surface area contributed by atoms with Crippen LogP contribution in [0.1, 0.15) is 0 Å². The number of aromatic nitrogens is 4. The van der Waals surface area contributed by atoms with Gasteiger partial charge in [0.2, 0.25) is 0 Å². The molecule has 11 aromatic rings. The topological polar surface area (TPSA) is 43.6 Å². The average molecular weight is 785 g/mol. The first-order chi connectivity index (χ1) is 29.7. The standard InChI is InChI=1S/C55H36N4S/c1-5-18-37(19-6-1)40-25-17-26-42(32-40)51-47-29-14-16-31-50(47)60-52(51)44-33-43(49-36-41-24-13-15-30-48(41)59(49)46-27-11-4-12-28-46)34-45(35-44)55-57-53(38-20-7-2-8-21-38)56-54(58-55)39-22-9-3-10-23-39/h1-36H. The Morgan fingerprint density at radius 3 is 1.55 bits per heavy atom. The number of hydrogen-bond acceptors (Lipinski definition) is 4. The third-order valence-electron chi connectivity index (χ3n) is 11.0.